The summed E-state index contributed by atoms with van der Waals surface area (Å²) >= 11 is 0. The van der Waals surface area contributed by atoms with E-state index in [2.05, 4.69) is 13.8 Å². The molecule has 0 aromatic rings. The van der Waals surface area contributed by atoms with Gasteiger partial charge in [-0.25, -0.2) is 0 Å². The van der Waals surface area contributed by atoms with E-state index in [1.54, 1.807) is 0 Å². The average Bonchev–Trinajstić information content (AvgIpc) is 2.74. The van der Waals surface area contributed by atoms with Gasteiger partial charge in [-0.1, -0.05) is 78.1 Å². The minimum absolute atomic E-state index is 0. The smallest absolute Gasteiger partial charge is 0.799 e. The topological polar surface area (TPSA) is 133 Å². The fourth-order valence-corrected chi connectivity index (χ4v) is 4.05. The van der Waals surface area contributed by atoms with Crippen molar-refractivity contribution in [1.29, 1.82) is 0 Å². The quantitative estimate of drug-likeness (QED) is 0.0920. The minimum atomic E-state index is -3.33. The van der Waals surface area contributed by atoms with E-state index >= 15 is 0 Å². The third-order valence-electron chi connectivity index (χ3n) is 4.97. The van der Waals surface area contributed by atoms with Crippen LogP contribution in [0.15, 0.2) is 0 Å². The molecule has 0 radical (unpaired) electrons. The van der Waals surface area contributed by atoms with Crippen LogP contribution in [-0.2, 0) is 28.2 Å². The van der Waals surface area contributed by atoms with Crippen LogP contribution in [0.25, 0.3) is 0 Å². The first-order valence-corrected chi connectivity index (χ1v) is 17.3. The predicted molar refractivity (Wildman–Crippen MR) is 140 cm³/mol. The van der Waals surface area contributed by atoms with E-state index in [1.807, 2.05) is 0 Å². The van der Waals surface area contributed by atoms with Gasteiger partial charge >= 0.3 is 35.0 Å². The van der Waals surface area contributed by atoms with Crippen molar-refractivity contribution < 1.29 is 38.0 Å². The molecule has 204 valence electrons. The molecule has 0 fully saturated rings. The number of hydrogen-bond donors (Lipinski definition) is 0. The molecule has 0 aromatic heterocycles. The Morgan fingerprint density at radius 2 is 0.886 bits per heavy atom. The van der Waals surface area contributed by atoms with E-state index in [4.69, 9.17) is 9.47 Å². The van der Waals surface area contributed by atoms with E-state index < -0.39 is 26.7 Å². The third kappa shape index (κ3) is 38.8. The molecular formula is C24H48MgO8P2. The molecule has 0 rings (SSSR count). The van der Waals surface area contributed by atoms with E-state index in [0.29, 0.717) is 13.2 Å². The monoisotopic (exact) mass is 550 g/mol. The van der Waals surface area contributed by atoms with Gasteiger partial charge in [-0.2, -0.15) is 0 Å². The van der Waals surface area contributed by atoms with Crippen LogP contribution in [0, 0.1) is 0 Å². The fourth-order valence-electron chi connectivity index (χ4n) is 2.87. The molecule has 0 saturated heterocycles. The fraction of sp³-hybridized carbons (Fsp3) is 0.917. The van der Waals surface area contributed by atoms with Crippen LogP contribution in [0.3, 0.4) is 0 Å². The first-order chi connectivity index (χ1) is 15.9. The summed E-state index contributed by atoms with van der Waals surface area (Å²) in [6.45, 7) is 7.46. The number of carbonyl (C=O) groups is 2. The van der Waals surface area contributed by atoms with Gasteiger partial charge in [0.1, 0.15) is 0 Å². The molecule has 0 N–H and O–H groups in total. The van der Waals surface area contributed by atoms with Gasteiger partial charge in [0, 0.05) is 14.7 Å². The Hall–Kier alpha value is 0.0862. The summed E-state index contributed by atoms with van der Waals surface area (Å²) in [5, 5.41) is 0. The Kier molecular flexibility index (Phi) is 29.1. The number of esters is 2. The summed E-state index contributed by atoms with van der Waals surface area (Å²) in [7, 11) is -6.66. The van der Waals surface area contributed by atoms with Crippen LogP contribution < -0.4 is 9.79 Å². The van der Waals surface area contributed by atoms with Crippen molar-refractivity contribution in [2.24, 2.45) is 0 Å². The van der Waals surface area contributed by atoms with E-state index in [-0.39, 0.29) is 48.2 Å². The summed E-state index contributed by atoms with van der Waals surface area (Å²) < 4.78 is 31.6. The van der Waals surface area contributed by atoms with Crippen molar-refractivity contribution in [3.8, 4) is 0 Å². The molecule has 0 aliphatic carbocycles. The normalized spacial score (nSPS) is 13.9. The molecule has 11 heteroatoms. The maximum Gasteiger partial charge on any atom is 2.00 e. The van der Waals surface area contributed by atoms with E-state index in [1.165, 1.54) is 51.4 Å². The summed E-state index contributed by atoms with van der Waals surface area (Å²) in [5.74, 6) is -0.812. The Labute approximate surface area is 229 Å². The molecule has 0 aromatic carbocycles. The zero-order chi connectivity index (χ0) is 26.3. The summed E-state index contributed by atoms with van der Waals surface area (Å²) in [4.78, 5) is 44.0. The maximum absolute atomic E-state index is 11.1. The summed E-state index contributed by atoms with van der Waals surface area (Å²) in [6.07, 6.45) is 13.4. The Bertz CT molecular complexity index is 552. The van der Waals surface area contributed by atoms with Crippen LogP contribution in [0.1, 0.15) is 104 Å². The average molecular weight is 551 g/mol. The molecule has 0 amide bonds. The standard InChI is InChI=1S/2C12H25O4P.Mg/c2*1-3-4-5-6-7-8-10-16-12(13)9-11-17(2,14)15;/h2*3-11H2,1-2H3,(H,14,15);/q;;+2/p-2. The van der Waals surface area contributed by atoms with Crippen LogP contribution in [0.2, 0.25) is 0 Å². The Morgan fingerprint density at radius 1 is 0.600 bits per heavy atom. The second-order valence-electron chi connectivity index (χ2n) is 8.95. The van der Waals surface area contributed by atoms with Crippen LogP contribution in [0.5, 0.6) is 0 Å². The number of rotatable bonds is 20. The van der Waals surface area contributed by atoms with Crippen molar-refractivity contribution in [2.75, 3.05) is 38.9 Å². The third-order valence-corrected chi connectivity index (χ3v) is 7.04. The van der Waals surface area contributed by atoms with Crippen LogP contribution in [-0.4, -0.2) is 73.9 Å². The number of carbonyl (C=O) groups excluding carboxylic acids is 2. The van der Waals surface area contributed by atoms with Gasteiger partial charge in [-0.05, 0) is 38.5 Å². The summed E-state index contributed by atoms with van der Waals surface area (Å²) in [5.41, 5.74) is 0. The molecule has 0 aliphatic rings. The molecule has 0 saturated carbocycles. The number of hydrogen-bond acceptors (Lipinski definition) is 8. The Morgan fingerprint density at radius 3 is 1.17 bits per heavy atom. The second-order valence-corrected chi connectivity index (χ2v) is 13.9. The molecule has 0 heterocycles. The van der Waals surface area contributed by atoms with Gasteiger partial charge in [0.05, 0.1) is 26.1 Å². The number of ether oxygens (including phenoxy) is 2. The first kappa shape index (κ1) is 39.6. The molecular weight excluding hydrogens is 503 g/mol. The van der Waals surface area contributed by atoms with Gasteiger partial charge in [0.25, 0.3) is 0 Å². The Balaban J connectivity index is -0.000000569. The SMILES string of the molecule is CCCCCCCCOC(=O)CCP(C)(=O)[O-].CCCCCCCCOC(=O)CCP(C)(=O)[O-].[Mg+2]. The van der Waals surface area contributed by atoms with Gasteiger partial charge in [0.2, 0.25) is 0 Å². The molecule has 8 nitrogen and oxygen atoms in total. The first-order valence-electron chi connectivity index (χ1n) is 12.8. The van der Waals surface area contributed by atoms with Gasteiger partial charge < -0.3 is 28.4 Å². The largest absolute Gasteiger partial charge is 2.00 e. The van der Waals surface area contributed by atoms with Gasteiger partial charge in [-0.3, -0.25) is 9.59 Å². The van der Waals surface area contributed by atoms with Crippen molar-refractivity contribution >= 4 is 49.7 Å². The predicted octanol–water partition coefficient (Wildman–Crippen LogP) is 4.72. The van der Waals surface area contributed by atoms with Crippen LogP contribution >= 0.6 is 14.7 Å². The second kappa shape index (κ2) is 25.7. The molecule has 2 atom stereocenters. The molecule has 2 unspecified atom stereocenters. The van der Waals surface area contributed by atoms with Crippen molar-refractivity contribution in [3.05, 3.63) is 0 Å². The van der Waals surface area contributed by atoms with Crippen molar-refractivity contribution in [1.82, 2.24) is 0 Å². The van der Waals surface area contributed by atoms with Crippen LogP contribution in [0.4, 0.5) is 0 Å². The van der Waals surface area contributed by atoms with E-state index in [0.717, 1.165) is 39.0 Å². The van der Waals surface area contributed by atoms with Gasteiger partial charge in [-0.15, -0.1) is 0 Å². The summed E-state index contributed by atoms with van der Waals surface area (Å²) in [6, 6.07) is 0. The minimum Gasteiger partial charge on any atom is -0.799 e. The maximum atomic E-state index is 11.1. The molecule has 0 aliphatic heterocycles. The molecule has 0 spiro atoms. The van der Waals surface area contributed by atoms with Crippen molar-refractivity contribution in [3.63, 3.8) is 0 Å². The number of unbranched alkanes of at least 4 members (excludes halogenated alkanes) is 10. The van der Waals surface area contributed by atoms with Gasteiger partial charge in [0.15, 0.2) is 0 Å². The molecule has 0 bridgehead atoms. The molecule has 35 heavy (non-hydrogen) atoms. The zero-order valence-corrected chi connectivity index (χ0v) is 25.8. The van der Waals surface area contributed by atoms with Crippen molar-refractivity contribution in [2.45, 2.75) is 104 Å². The zero-order valence-electron chi connectivity index (χ0n) is 22.6. The van der Waals surface area contributed by atoms with E-state index in [9.17, 15) is 28.5 Å².